The van der Waals surface area contributed by atoms with Gasteiger partial charge in [0.05, 0.1) is 5.69 Å². The molecule has 2 N–H and O–H groups in total. The first-order valence-electron chi connectivity index (χ1n) is 6.68. The molecule has 0 unspecified atom stereocenters. The van der Waals surface area contributed by atoms with Gasteiger partial charge in [0.25, 0.3) is 10.0 Å². The second kappa shape index (κ2) is 6.55. The summed E-state index contributed by atoms with van der Waals surface area (Å²) < 4.78 is 27.8. The van der Waals surface area contributed by atoms with Crippen molar-refractivity contribution in [1.29, 1.82) is 0 Å². The minimum absolute atomic E-state index is 0.336. The molecule has 21 heavy (non-hydrogen) atoms. The molecule has 7 heteroatoms. The second-order valence-electron chi connectivity index (χ2n) is 4.74. The quantitative estimate of drug-likeness (QED) is 0.856. The average molecular weight is 325 g/mol. The van der Waals surface area contributed by atoms with Crippen LogP contribution in [0.1, 0.15) is 23.1 Å². The molecule has 0 atom stereocenters. The van der Waals surface area contributed by atoms with Crippen molar-refractivity contribution in [2.24, 2.45) is 0 Å². The number of pyridine rings is 1. The molecule has 5 nitrogen and oxygen atoms in total. The maximum atomic E-state index is 12.4. The highest BCUT2D eigenvalue weighted by Gasteiger charge is 2.19. The molecular weight excluding hydrogens is 306 g/mol. The minimum Gasteiger partial charge on any atom is -0.312 e. The lowest BCUT2D eigenvalue weighted by molar-refractivity contribution is 0.603. The van der Waals surface area contributed by atoms with Crippen LogP contribution in [0.5, 0.6) is 0 Å². The topological polar surface area (TPSA) is 71.1 Å². The van der Waals surface area contributed by atoms with Gasteiger partial charge in [-0.1, -0.05) is 6.92 Å². The SMILES string of the molecule is CCNCc1sc(S(=O)(=O)Nc2ccnc(C)c2)cc1C. The van der Waals surface area contributed by atoms with Gasteiger partial charge in [-0.15, -0.1) is 11.3 Å². The number of sulfonamides is 1. The normalized spacial score (nSPS) is 11.6. The Kier molecular flexibility index (Phi) is 4.97. The lowest BCUT2D eigenvalue weighted by Crippen LogP contribution is -2.12. The smallest absolute Gasteiger partial charge is 0.271 e. The number of aromatic nitrogens is 1. The molecule has 2 aromatic heterocycles. The van der Waals surface area contributed by atoms with Crippen molar-refractivity contribution in [2.45, 2.75) is 31.5 Å². The fourth-order valence-corrected chi connectivity index (χ4v) is 4.46. The van der Waals surface area contributed by atoms with Gasteiger partial charge in [-0.3, -0.25) is 9.71 Å². The molecule has 2 heterocycles. The van der Waals surface area contributed by atoms with Crippen molar-refractivity contribution < 1.29 is 8.42 Å². The summed E-state index contributed by atoms with van der Waals surface area (Å²) in [5, 5.41) is 3.21. The number of nitrogens with one attached hydrogen (secondary N) is 2. The molecule has 0 fully saturated rings. The standard InChI is InChI=1S/C14H19N3O2S2/c1-4-15-9-13-10(2)7-14(20-13)21(18,19)17-12-5-6-16-11(3)8-12/h5-8,15H,4,9H2,1-3H3,(H,16,17). The van der Waals surface area contributed by atoms with Crippen molar-refractivity contribution in [2.75, 3.05) is 11.3 Å². The zero-order chi connectivity index (χ0) is 15.5. The average Bonchev–Trinajstić information content (AvgIpc) is 2.78. The van der Waals surface area contributed by atoms with E-state index in [1.807, 2.05) is 20.8 Å². The Hall–Kier alpha value is -1.44. The molecule has 0 radical (unpaired) electrons. The molecule has 0 aliphatic carbocycles. The van der Waals surface area contributed by atoms with Crippen LogP contribution in [0.25, 0.3) is 0 Å². The first-order valence-corrected chi connectivity index (χ1v) is 8.98. The van der Waals surface area contributed by atoms with E-state index >= 15 is 0 Å². The number of aryl methyl sites for hydroxylation is 2. The van der Waals surface area contributed by atoms with Crippen LogP contribution in [-0.4, -0.2) is 19.9 Å². The predicted molar refractivity (Wildman–Crippen MR) is 86.2 cm³/mol. The van der Waals surface area contributed by atoms with Gasteiger partial charge >= 0.3 is 0 Å². The first kappa shape index (κ1) is 15.9. The molecule has 0 saturated heterocycles. The highest BCUT2D eigenvalue weighted by Crippen LogP contribution is 2.27. The van der Waals surface area contributed by atoms with Gasteiger partial charge in [0.15, 0.2) is 0 Å². The molecule has 0 saturated carbocycles. The van der Waals surface area contributed by atoms with Crippen LogP contribution in [0.3, 0.4) is 0 Å². The van der Waals surface area contributed by atoms with E-state index in [9.17, 15) is 8.42 Å². The number of nitrogens with zero attached hydrogens (tertiary/aromatic N) is 1. The van der Waals surface area contributed by atoms with Crippen molar-refractivity contribution in [1.82, 2.24) is 10.3 Å². The molecule has 0 aromatic carbocycles. The fraction of sp³-hybridized carbons (Fsp3) is 0.357. The second-order valence-corrected chi connectivity index (χ2v) is 7.79. The largest absolute Gasteiger partial charge is 0.312 e. The highest BCUT2D eigenvalue weighted by atomic mass is 32.2. The Balaban J connectivity index is 2.23. The van der Waals surface area contributed by atoms with Crippen LogP contribution in [0.2, 0.25) is 0 Å². The lowest BCUT2D eigenvalue weighted by atomic mass is 10.3. The maximum absolute atomic E-state index is 12.4. The van der Waals surface area contributed by atoms with E-state index in [2.05, 4.69) is 15.0 Å². The molecule has 0 aliphatic heterocycles. The Labute approximate surface area is 129 Å². The van der Waals surface area contributed by atoms with Gasteiger partial charge in [0.1, 0.15) is 4.21 Å². The number of hydrogen-bond acceptors (Lipinski definition) is 5. The molecule has 0 amide bonds. The van der Waals surface area contributed by atoms with E-state index in [-0.39, 0.29) is 0 Å². The maximum Gasteiger partial charge on any atom is 0.271 e. The third-order valence-electron chi connectivity index (χ3n) is 2.95. The van der Waals surface area contributed by atoms with Crippen molar-refractivity contribution >= 4 is 27.0 Å². The van der Waals surface area contributed by atoms with Gasteiger partial charge in [0, 0.05) is 23.3 Å². The Morgan fingerprint density at radius 1 is 1.29 bits per heavy atom. The molecule has 0 bridgehead atoms. The fourth-order valence-electron chi connectivity index (χ4n) is 1.85. The summed E-state index contributed by atoms with van der Waals surface area (Å²) in [6.07, 6.45) is 1.59. The summed E-state index contributed by atoms with van der Waals surface area (Å²) in [6, 6.07) is 5.07. The van der Waals surface area contributed by atoms with E-state index in [1.54, 1.807) is 24.4 Å². The van der Waals surface area contributed by atoms with Crippen LogP contribution in [-0.2, 0) is 16.6 Å². The molecule has 2 aromatic rings. The summed E-state index contributed by atoms with van der Waals surface area (Å²) in [6.45, 7) is 7.32. The third-order valence-corrected chi connectivity index (χ3v) is 6.04. The van der Waals surface area contributed by atoms with Crippen LogP contribution >= 0.6 is 11.3 Å². The van der Waals surface area contributed by atoms with Gasteiger partial charge in [-0.2, -0.15) is 0 Å². The van der Waals surface area contributed by atoms with Gasteiger partial charge in [-0.25, -0.2) is 8.42 Å². The minimum atomic E-state index is -3.54. The molecule has 114 valence electrons. The number of anilines is 1. The Morgan fingerprint density at radius 2 is 2.05 bits per heavy atom. The van der Waals surface area contributed by atoms with Crippen LogP contribution in [0, 0.1) is 13.8 Å². The highest BCUT2D eigenvalue weighted by molar-refractivity contribution is 7.94. The summed E-state index contributed by atoms with van der Waals surface area (Å²) in [5.41, 5.74) is 2.29. The molecule has 0 aliphatic rings. The monoisotopic (exact) mass is 325 g/mol. The Bertz CT molecular complexity index is 724. The summed E-state index contributed by atoms with van der Waals surface area (Å²) >= 11 is 1.30. The lowest BCUT2D eigenvalue weighted by Gasteiger charge is -2.06. The van der Waals surface area contributed by atoms with E-state index in [0.29, 0.717) is 16.4 Å². The van der Waals surface area contributed by atoms with E-state index < -0.39 is 10.0 Å². The molecular formula is C14H19N3O2S2. The van der Waals surface area contributed by atoms with Crippen LogP contribution in [0.4, 0.5) is 5.69 Å². The summed E-state index contributed by atoms with van der Waals surface area (Å²) in [4.78, 5) is 5.10. The van der Waals surface area contributed by atoms with E-state index in [1.165, 1.54) is 11.3 Å². The van der Waals surface area contributed by atoms with Crippen molar-refractivity contribution in [3.8, 4) is 0 Å². The molecule has 2 rings (SSSR count). The van der Waals surface area contributed by atoms with Gasteiger partial charge in [-0.05, 0) is 44.2 Å². The van der Waals surface area contributed by atoms with Crippen LogP contribution < -0.4 is 10.0 Å². The molecule has 0 spiro atoms. The van der Waals surface area contributed by atoms with Crippen molar-refractivity contribution in [3.63, 3.8) is 0 Å². The Morgan fingerprint density at radius 3 is 2.71 bits per heavy atom. The number of rotatable bonds is 6. The zero-order valence-electron chi connectivity index (χ0n) is 12.3. The van der Waals surface area contributed by atoms with E-state index in [4.69, 9.17) is 0 Å². The third kappa shape index (κ3) is 4.03. The first-order chi connectivity index (χ1) is 9.92. The summed E-state index contributed by atoms with van der Waals surface area (Å²) in [5.74, 6) is 0. The van der Waals surface area contributed by atoms with Crippen LogP contribution in [0.15, 0.2) is 28.6 Å². The zero-order valence-corrected chi connectivity index (χ0v) is 13.9. The summed E-state index contributed by atoms with van der Waals surface area (Å²) in [7, 11) is -3.54. The van der Waals surface area contributed by atoms with Gasteiger partial charge < -0.3 is 5.32 Å². The number of hydrogen-bond donors (Lipinski definition) is 2. The predicted octanol–water partition coefficient (Wildman–Crippen LogP) is 2.67. The number of thiophene rings is 1. The van der Waals surface area contributed by atoms with E-state index in [0.717, 1.165) is 22.7 Å². The van der Waals surface area contributed by atoms with Gasteiger partial charge in [0.2, 0.25) is 0 Å². The van der Waals surface area contributed by atoms with Crippen molar-refractivity contribution in [3.05, 3.63) is 40.5 Å².